The van der Waals surface area contributed by atoms with E-state index in [-0.39, 0.29) is 11.2 Å². The molecule has 0 aliphatic heterocycles. The molecule has 0 spiro atoms. The van der Waals surface area contributed by atoms with Gasteiger partial charge in [-0.15, -0.1) is 0 Å². The van der Waals surface area contributed by atoms with Gasteiger partial charge in [0.2, 0.25) is 0 Å². The number of hydrogen-bond acceptors (Lipinski definition) is 3. The van der Waals surface area contributed by atoms with Gasteiger partial charge in [0.15, 0.2) is 9.84 Å². The third kappa shape index (κ3) is 3.03. The van der Waals surface area contributed by atoms with Crippen molar-refractivity contribution < 1.29 is 8.42 Å². The van der Waals surface area contributed by atoms with Crippen LogP contribution in [0.5, 0.6) is 0 Å². The van der Waals surface area contributed by atoms with Gasteiger partial charge in [-0.1, -0.05) is 25.5 Å². The smallest absolute Gasteiger partial charge is 0.182 e. The van der Waals surface area contributed by atoms with E-state index in [1.54, 1.807) is 18.2 Å². The minimum absolute atomic E-state index is 0.0771. The van der Waals surface area contributed by atoms with Gasteiger partial charge >= 0.3 is 0 Å². The lowest BCUT2D eigenvalue weighted by molar-refractivity contribution is 0.296. The summed E-state index contributed by atoms with van der Waals surface area (Å²) >= 11 is 3.35. The van der Waals surface area contributed by atoms with Crippen molar-refractivity contribution in [3.05, 3.63) is 28.7 Å². The molecule has 0 radical (unpaired) electrons. The third-order valence-electron chi connectivity index (χ3n) is 4.04. The minimum Gasteiger partial charge on any atom is -0.330 e. The Balaban J connectivity index is 2.40. The fourth-order valence-electron chi connectivity index (χ4n) is 2.88. The van der Waals surface area contributed by atoms with Crippen LogP contribution in [0.2, 0.25) is 0 Å². The predicted octanol–water partition coefficient (Wildman–Crippen LogP) is 2.99. The summed E-state index contributed by atoms with van der Waals surface area (Å²) in [7, 11) is -3.31. The van der Waals surface area contributed by atoms with E-state index >= 15 is 0 Å². The zero-order valence-electron chi connectivity index (χ0n) is 11.0. The van der Waals surface area contributed by atoms with Crippen molar-refractivity contribution in [1.29, 1.82) is 0 Å². The Kier molecular flexibility index (Phi) is 4.69. The second-order valence-corrected chi connectivity index (χ2v) is 8.42. The van der Waals surface area contributed by atoms with Gasteiger partial charge in [0, 0.05) is 4.47 Å². The van der Waals surface area contributed by atoms with Crippen LogP contribution in [0.1, 0.15) is 26.2 Å². The Bertz CT molecular complexity index is 544. The lowest BCUT2D eigenvalue weighted by atomic mass is 9.82. The zero-order chi connectivity index (χ0) is 14.0. The van der Waals surface area contributed by atoms with Crippen LogP contribution < -0.4 is 5.73 Å². The number of rotatable bonds is 3. The average Bonchev–Trinajstić information content (AvgIpc) is 2.39. The fraction of sp³-hybridized carbons (Fsp3) is 0.571. The first-order chi connectivity index (χ1) is 8.96. The van der Waals surface area contributed by atoms with Gasteiger partial charge < -0.3 is 5.73 Å². The summed E-state index contributed by atoms with van der Waals surface area (Å²) in [5.41, 5.74) is 5.78. The molecule has 1 fully saturated rings. The molecule has 0 saturated heterocycles. The van der Waals surface area contributed by atoms with Crippen molar-refractivity contribution in [3.63, 3.8) is 0 Å². The molecule has 0 aromatic heterocycles. The van der Waals surface area contributed by atoms with E-state index in [1.165, 1.54) is 0 Å². The van der Waals surface area contributed by atoms with Crippen molar-refractivity contribution in [3.8, 4) is 0 Å². The molecule has 3 atom stereocenters. The zero-order valence-corrected chi connectivity index (χ0v) is 13.5. The van der Waals surface area contributed by atoms with Gasteiger partial charge in [0.25, 0.3) is 0 Å². The summed E-state index contributed by atoms with van der Waals surface area (Å²) in [6.45, 7) is 2.57. The van der Waals surface area contributed by atoms with E-state index in [9.17, 15) is 8.42 Å². The van der Waals surface area contributed by atoms with Gasteiger partial charge in [-0.05, 0) is 59.3 Å². The molecule has 2 N–H and O–H groups in total. The fourth-order valence-corrected chi connectivity index (χ4v) is 6.11. The molecule has 3 unspecified atom stereocenters. The highest BCUT2D eigenvalue weighted by molar-refractivity contribution is 9.10. The first-order valence-corrected chi connectivity index (χ1v) is 8.99. The summed E-state index contributed by atoms with van der Waals surface area (Å²) in [6, 6.07) is 7.04. The van der Waals surface area contributed by atoms with Crippen LogP contribution in [0.15, 0.2) is 33.6 Å². The maximum Gasteiger partial charge on any atom is 0.182 e. The van der Waals surface area contributed by atoms with Crippen LogP contribution in [-0.2, 0) is 9.84 Å². The predicted molar refractivity (Wildman–Crippen MR) is 80.7 cm³/mol. The Morgan fingerprint density at radius 1 is 1.32 bits per heavy atom. The van der Waals surface area contributed by atoms with Crippen molar-refractivity contribution in [2.75, 3.05) is 6.54 Å². The summed E-state index contributed by atoms with van der Waals surface area (Å²) in [6.07, 6.45) is 2.70. The highest BCUT2D eigenvalue weighted by Crippen LogP contribution is 2.37. The van der Waals surface area contributed by atoms with Crippen molar-refractivity contribution in [2.24, 2.45) is 17.6 Å². The van der Waals surface area contributed by atoms with E-state index in [0.717, 1.165) is 12.8 Å². The number of benzene rings is 1. The summed E-state index contributed by atoms with van der Waals surface area (Å²) < 4.78 is 26.3. The van der Waals surface area contributed by atoms with Crippen LogP contribution in [-0.4, -0.2) is 20.2 Å². The van der Waals surface area contributed by atoms with Gasteiger partial charge in [-0.25, -0.2) is 8.42 Å². The highest BCUT2D eigenvalue weighted by atomic mass is 79.9. The van der Waals surface area contributed by atoms with Gasteiger partial charge in [0.1, 0.15) is 0 Å². The van der Waals surface area contributed by atoms with Crippen LogP contribution >= 0.6 is 15.9 Å². The molecule has 0 amide bonds. The molecule has 1 aliphatic carbocycles. The topological polar surface area (TPSA) is 60.2 Å². The SMILES string of the molecule is CC1CCC(CN)C(S(=O)(=O)c2ccccc2Br)C1. The van der Waals surface area contributed by atoms with E-state index in [4.69, 9.17) is 5.73 Å². The molecule has 1 aromatic carbocycles. The number of hydrogen-bond donors (Lipinski definition) is 1. The lowest BCUT2D eigenvalue weighted by Crippen LogP contribution is -2.39. The first kappa shape index (κ1) is 15.0. The molecular weight excluding hydrogens is 326 g/mol. The second-order valence-electron chi connectivity index (χ2n) is 5.43. The Morgan fingerprint density at radius 3 is 2.63 bits per heavy atom. The Morgan fingerprint density at radius 2 is 2.00 bits per heavy atom. The van der Waals surface area contributed by atoms with E-state index < -0.39 is 9.84 Å². The third-order valence-corrected chi connectivity index (χ3v) is 7.33. The van der Waals surface area contributed by atoms with Gasteiger partial charge in [-0.3, -0.25) is 0 Å². The number of nitrogens with two attached hydrogens (primary N) is 1. The van der Waals surface area contributed by atoms with Crippen LogP contribution in [0.25, 0.3) is 0 Å². The van der Waals surface area contributed by atoms with E-state index in [1.807, 2.05) is 6.07 Å². The molecule has 0 bridgehead atoms. The van der Waals surface area contributed by atoms with Gasteiger partial charge in [0.05, 0.1) is 10.1 Å². The van der Waals surface area contributed by atoms with Gasteiger partial charge in [-0.2, -0.15) is 0 Å². The quantitative estimate of drug-likeness (QED) is 0.915. The number of halogens is 1. The van der Waals surface area contributed by atoms with E-state index in [0.29, 0.717) is 28.3 Å². The van der Waals surface area contributed by atoms with E-state index in [2.05, 4.69) is 22.9 Å². The molecule has 0 heterocycles. The summed E-state index contributed by atoms with van der Waals surface area (Å²) in [4.78, 5) is 0.396. The van der Waals surface area contributed by atoms with Crippen LogP contribution in [0.4, 0.5) is 0 Å². The Hall–Kier alpha value is -0.390. The molecule has 1 saturated carbocycles. The lowest BCUT2D eigenvalue weighted by Gasteiger charge is -2.34. The first-order valence-electron chi connectivity index (χ1n) is 6.65. The molecular formula is C14H20BrNO2S. The van der Waals surface area contributed by atoms with Crippen molar-refractivity contribution in [1.82, 2.24) is 0 Å². The summed E-state index contributed by atoms with van der Waals surface area (Å²) in [5.74, 6) is 0.526. The van der Waals surface area contributed by atoms with Crippen LogP contribution in [0.3, 0.4) is 0 Å². The average molecular weight is 346 g/mol. The number of sulfone groups is 1. The maximum absolute atomic E-state index is 12.8. The van der Waals surface area contributed by atoms with Crippen molar-refractivity contribution >= 4 is 25.8 Å². The second kappa shape index (κ2) is 5.94. The molecule has 5 heteroatoms. The molecule has 1 aromatic rings. The van der Waals surface area contributed by atoms with Crippen LogP contribution in [0, 0.1) is 11.8 Å². The normalized spacial score (nSPS) is 28.3. The van der Waals surface area contributed by atoms with Crippen molar-refractivity contribution in [2.45, 2.75) is 36.3 Å². The minimum atomic E-state index is -3.31. The largest absolute Gasteiger partial charge is 0.330 e. The standard InChI is InChI=1S/C14H20BrNO2S/c1-10-6-7-11(9-16)14(8-10)19(17,18)13-5-3-2-4-12(13)15/h2-5,10-11,14H,6-9,16H2,1H3. The monoisotopic (exact) mass is 345 g/mol. The summed E-state index contributed by atoms with van der Waals surface area (Å²) in [5, 5.41) is -0.347. The highest BCUT2D eigenvalue weighted by Gasteiger charge is 2.38. The molecule has 2 rings (SSSR count). The molecule has 3 nitrogen and oxygen atoms in total. The molecule has 19 heavy (non-hydrogen) atoms. The molecule has 106 valence electrons. The molecule has 1 aliphatic rings. The Labute approximate surface area is 123 Å². The maximum atomic E-state index is 12.8.